The van der Waals surface area contributed by atoms with Crippen LogP contribution in [0.4, 0.5) is 0 Å². The summed E-state index contributed by atoms with van der Waals surface area (Å²) in [5, 5.41) is 93.0. The van der Waals surface area contributed by atoms with Gasteiger partial charge in [-0.3, -0.25) is 9.59 Å². The first-order chi connectivity index (χ1) is 20.4. The zero-order valence-electron chi connectivity index (χ0n) is 21.7. The number of Topliss-reactive ketones (excluding diaryl/α,β-unsaturated/α-hetero) is 2. The van der Waals surface area contributed by atoms with Gasteiger partial charge in [-0.25, -0.2) is 0 Å². The van der Waals surface area contributed by atoms with E-state index >= 15 is 0 Å². The van der Waals surface area contributed by atoms with Crippen LogP contribution in [0.15, 0.2) is 54.6 Å². The number of fused-ring (bicyclic) bond motifs is 2. The molecule has 0 fully saturated rings. The number of benzene rings is 4. The number of hydrogen-bond acceptors (Lipinski definition) is 13. The van der Waals surface area contributed by atoms with Crippen LogP contribution in [0.1, 0.15) is 55.5 Å². The average molecular weight is 590 g/mol. The lowest BCUT2D eigenvalue weighted by atomic mass is 9.78. The standard InChI is InChI=1S/C30H22O13/c31-12-7-17(36)21-20(8-12)42-28(10-1-3-13(32)15(34)5-10)24(25(21)39)22-18(37)9-19(38)23-26(40)27(41)29(43-30(22)23)11-2-4-14(33)16(35)6-11/h1-9,24,27-29,31-38,41H/t24-,27+,28-,29-/m1/s1. The minimum atomic E-state index is -1.93. The van der Waals surface area contributed by atoms with Crippen LogP contribution in [-0.4, -0.2) is 63.6 Å². The Balaban J connectivity index is 1.60. The van der Waals surface area contributed by atoms with E-state index in [4.69, 9.17) is 9.47 Å². The third kappa shape index (κ3) is 4.21. The van der Waals surface area contributed by atoms with Gasteiger partial charge in [-0.1, -0.05) is 12.1 Å². The van der Waals surface area contributed by atoms with Gasteiger partial charge >= 0.3 is 0 Å². The van der Waals surface area contributed by atoms with Crippen LogP contribution in [0, 0.1) is 0 Å². The number of aromatic hydroxyl groups is 8. The summed E-state index contributed by atoms with van der Waals surface area (Å²) in [6, 6.07) is 9.57. The number of ether oxygens (including phenoxy) is 2. The summed E-state index contributed by atoms with van der Waals surface area (Å²) in [5.74, 6) is -9.20. The molecule has 0 bridgehead atoms. The second kappa shape index (κ2) is 9.63. The molecule has 2 aliphatic heterocycles. The number of aliphatic hydroxyl groups is 1. The van der Waals surface area contributed by atoms with Crippen molar-refractivity contribution in [3.05, 3.63) is 82.4 Å². The molecule has 13 heteroatoms. The normalized spacial score (nSPS) is 21.0. The molecule has 0 spiro atoms. The molecule has 220 valence electrons. The summed E-state index contributed by atoms with van der Waals surface area (Å²) in [7, 11) is 0. The van der Waals surface area contributed by atoms with E-state index in [1.807, 2.05) is 0 Å². The number of ketones is 2. The highest BCUT2D eigenvalue weighted by Crippen LogP contribution is 2.55. The molecular formula is C30H22O13. The van der Waals surface area contributed by atoms with Gasteiger partial charge in [0.05, 0.1) is 11.5 Å². The first-order valence-electron chi connectivity index (χ1n) is 12.7. The number of aliphatic hydroxyl groups excluding tert-OH is 1. The van der Waals surface area contributed by atoms with E-state index in [2.05, 4.69) is 0 Å². The van der Waals surface area contributed by atoms with Crippen LogP contribution in [0.25, 0.3) is 0 Å². The Morgan fingerprint density at radius 1 is 0.535 bits per heavy atom. The summed E-state index contributed by atoms with van der Waals surface area (Å²) in [5.41, 5.74) is -1.29. The maximum atomic E-state index is 14.1. The van der Waals surface area contributed by atoms with Crippen LogP contribution in [0.3, 0.4) is 0 Å². The van der Waals surface area contributed by atoms with Gasteiger partial charge in [0.1, 0.15) is 51.7 Å². The minimum Gasteiger partial charge on any atom is -0.508 e. The second-order valence-corrected chi connectivity index (χ2v) is 10.1. The van der Waals surface area contributed by atoms with Crippen molar-refractivity contribution >= 4 is 11.6 Å². The number of carbonyl (C=O) groups is 2. The summed E-state index contributed by atoms with van der Waals surface area (Å²) in [6.07, 6.45) is -4.94. The molecule has 4 atom stereocenters. The molecule has 6 rings (SSSR count). The largest absolute Gasteiger partial charge is 0.508 e. The van der Waals surface area contributed by atoms with Gasteiger partial charge in [-0.05, 0) is 35.4 Å². The van der Waals surface area contributed by atoms with E-state index in [0.29, 0.717) is 0 Å². The van der Waals surface area contributed by atoms with E-state index < -0.39 is 104 Å². The Morgan fingerprint density at radius 3 is 1.72 bits per heavy atom. The molecule has 0 amide bonds. The lowest BCUT2D eigenvalue weighted by molar-refractivity contribution is 0.0196. The fraction of sp³-hybridized carbons (Fsp3) is 0.133. The van der Waals surface area contributed by atoms with Crippen molar-refractivity contribution in [2.24, 2.45) is 0 Å². The molecule has 9 N–H and O–H groups in total. The predicted molar refractivity (Wildman–Crippen MR) is 143 cm³/mol. The van der Waals surface area contributed by atoms with Gasteiger partial charge in [0, 0.05) is 18.2 Å². The molecule has 0 aliphatic carbocycles. The fourth-order valence-electron chi connectivity index (χ4n) is 5.44. The highest BCUT2D eigenvalue weighted by molar-refractivity contribution is 6.10. The van der Waals surface area contributed by atoms with Crippen LogP contribution in [0.2, 0.25) is 0 Å². The Kier molecular flexibility index (Phi) is 6.13. The Bertz CT molecular complexity index is 1850. The van der Waals surface area contributed by atoms with Crippen molar-refractivity contribution in [1.29, 1.82) is 0 Å². The second-order valence-electron chi connectivity index (χ2n) is 10.1. The van der Waals surface area contributed by atoms with Crippen molar-refractivity contribution in [1.82, 2.24) is 0 Å². The highest BCUT2D eigenvalue weighted by Gasteiger charge is 2.48. The molecule has 13 nitrogen and oxygen atoms in total. The molecule has 0 unspecified atom stereocenters. The highest BCUT2D eigenvalue weighted by atomic mass is 16.5. The molecule has 0 saturated heterocycles. The Hall–Kier alpha value is -5.82. The summed E-state index contributed by atoms with van der Waals surface area (Å²) >= 11 is 0. The molecule has 2 heterocycles. The van der Waals surface area contributed by atoms with E-state index in [9.17, 15) is 55.5 Å². The predicted octanol–water partition coefficient (Wildman–Crippen LogP) is 3.11. The first kappa shape index (κ1) is 27.4. The average Bonchev–Trinajstić information content (AvgIpc) is 2.93. The zero-order chi connectivity index (χ0) is 30.9. The monoisotopic (exact) mass is 590 g/mol. The van der Waals surface area contributed by atoms with Gasteiger partial charge in [-0.15, -0.1) is 0 Å². The molecule has 43 heavy (non-hydrogen) atoms. The third-order valence-electron chi connectivity index (χ3n) is 7.44. The van der Waals surface area contributed by atoms with Crippen molar-refractivity contribution in [3.8, 4) is 57.5 Å². The minimum absolute atomic E-state index is 0.0141. The molecule has 2 aliphatic rings. The summed E-state index contributed by atoms with van der Waals surface area (Å²) in [4.78, 5) is 27.5. The molecular weight excluding hydrogens is 568 g/mol. The topological polar surface area (TPSA) is 235 Å². The lowest BCUT2D eigenvalue weighted by Crippen LogP contribution is -2.38. The number of hydrogen-bond donors (Lipinski definition) is 9. The van der Waals surface area contributed by atoms with Gasteiger partial charge in [0.25, 0.3) is 0 Å². The van der Waals surface area contributed by atoms with Gasteiger partial charge in [0.2, 0.25) is 5.78 Å². The van der Waals surface area contributed by atoms with Gasteiger partial charge in [-0.2, -0.15) is 0 Å². The molecule has 4 aromatic carbocycles. The number of rotatable bonds is 3. The van der Waals surface area contributed by atoms with E-state index in [1.165, 1.54) is 12.1 Å². The Labute approximate surface area is 240 Å². The molecule has 0 radical (unpaired) electrons. The third-order valence-corrected chi connectivity index (χ3v) is 7.44. The maximum Gasteiger partial charge on any atom is 0.202 e. The van der Waals surface area contributed by atoms with Crippen molar-refractivity contribution in [3.63, 3.8) is 0 Å². The zero-order valence-corrected chi connectivity index (χ0v) is 21.7. The quantitative estimate of drug-likeness (QED) is 0.156. The van der Waals surface area contributed by atoms with E-state index in [-0.39, 0.29) is 16.9 Å². The summed E-state index contributed by atoms with van der Waals surface area (Å²) < 4.78 is 12.0. The smallest absolute Gasteiger partial charge is 0.202 e. The first-order valence-corrected chi connectivity index (χ1v) is 12.7. The SMILES string of the molecule is O=C1c2c(O)cc(O)c([C@@H]3C(=O)c4c(O)cc(O)cc4O[C@@H]3c3ccc(O)c(O)c3)c2O[C@H](c2ccc(O)c(O)c2)[C@H]1O. The number of phenols is 8. The van der Waals surface area contributed by atoms with Crippen LogP contribution < -0.4 is 9.47 Å². The fourth-order valence-corrected chi connectivity index (χ4v) is 5.44. The summed E-state index contributed by atoms with van der Waals surface area (Å²) in [6.45, 7) is 0. The van der Waals surface area contributed by atoms with Gasteiger partial charge in [0.15, 0.2) is 41.0 Å². The lowest BCUT2D eigenvalue weighted by Gasteiger charge is -2.37. The number of carbonyl (C=O) groups excluding carboxylic acids is 2. The number of phenolic OH excluding ortho intramolecular Hbond substituents is 8. The molecule has 0 saturated carbocycles. The van der Waals surface area contributed by atoms with Gasteiger partial charge < -0.3 is 55.4 Å². The van der Waals surface area contributed by atoms with E-state index in [1.54, 1.807) is 0 Å². The molecule has 0 aromatic heterocycles. The van der Waals surface area contributed by atoms with Crippen molar-refractivity contribution in [2.45, 2.75) is 24.2 Å². The molecule has 4 aromatic rings. The van der Waals surface area contributed by atoms with E-state index in [0.717, 1.165) is 42.5 Å². The maximum absolute atomic E-state index is 14.1. The van der Waals surface area contributed by atoms with Crippen LogP contribution >= 0.6 is 0 Å². The van der Waals surface area contributed by atoms with Crippen LogP contribution in [-0.2, 0) is 0 Å². The Morgan fingerprint density at radius 2 is 1.12 bits per heavy atom. The van der Waals surface area contributed by atoms with Crippen LogP contribution in [0.5, 0.6) is 57.5 Å². The van der Waals surface area contributed by atoms with Crippen molar-refractivity contribution < 1.29 is 65.0 Å². The van der Waals surface area contributed by atoms with Crippen molar-refractivity contribution in [2.75, 3.05) is 0 Å².